The number of nitrogens with two attached hydrogens (primary N) is 1. The molecule has 2 aromatic heterocycles. The maximum Gasteiger partial charge on any atom is 0.212 e. The molecule has 0 bridgehead atoms. The van der Waals surface area contributed by atoms with Gasteiger partial charge in [0, 0.05) is 25.0 Å². The van der Waals surface area contributed by atoms with E-state index in [1.165, 1.54) is 0 Å². The summed E-state index contributed by atoms with van der Waals surface area (Å²) in [6.07, 6.45) is 3.25. The first-order chi connectivity index (χ1) is 9.24. The molecule has 2 aromatic rings. The van der Waals surface area contributed by atoms with Crippen LogP contribution in [0.5, 0.6) is 5.88 Å². The average Bonchev–Trinajstić information content (AvgIpc) is 2.47. The zero-order valence-corrected chi connectivity index (χ0v) is 10.4. The number of nitriles is 1. The first-order valence-electron chi connectivity index (χ1n) is 5.62. The van der Waals surface area contributed by atoms with Crippen molar-refractivity contribution in [2.75, 3.05) is 18.2 Å². The lowest BCUT2D eigenvalue weighted by atomic mass is 10.2. The maximum absolute atomic E-state index is 8.88. The van der Waals surface area contributed by atoms with E-state index in [4.69, 9.17) is 15.7 Å². The molecule has 0 radical (unpaired) electrons. The summed E-state index contributed by atoms with van der Waals surface area (Å²) in [5.74, 6) is 1.06. The molecular formula is C13H13N5O. The van der Waals surface area contributed by atoms with Gasteiger partial charge in [0.25, 0.3) is 0 Å². The Morgan fingerprint density at radius 2 is 2.21 bits per heavy atom. The largest absolute Gasteiger partial charge is 0.481 e. The normalized spacial score (nSPS) is 9.68. The van der Waals surface area contributed by atoms with Crippen LogP contribution in [0.3, 0.4) is 0 Å². The standard InChI is InChI=1S/C13H13N5O/c1-19-11-3-2-9(7-17-11)8-18-13-12(15)10(6-14)4-5-16-13/h2-5,7H,8,15H2,1H3,(H,16,18). The summed E-state index contributed by atoms with van der Waals surface area (Å²) >= 11 is 0. The van der Waals surface area contributed by atoms with Gasteiger partial charge in [-0.15, -0.1) is 0 Å². The highest BCUT2D eigenvalue weighted by atomic mass is 16.5. The molecule has 0 fully saturated rings. The van der Waals surface area contributed by atoms with Crippen LogP contribution in [0.2, 0.25) is 0 Å². The van der Waals surface area contributed by atoms with Crippen LogP contribution in [0.1, 0.15) is 11.1 Å². The molecule has 0 aliphatic rings. The summed E-state index contributed by atoms with van der Waals surface area (Å²) < 4.78 is 4.98. The van der Waals surface area contributed by atoms with Crippen molar-refractivity contribution in [3.8, 4) is 11.9 Å². The van der Waals surface area contributed by atoms with E-state index in [0.29, 0.717) is 29.5 Å². The van der Waals surface area contributed by atoms with Gasteiger partial charge in [-0.1, -0.05) is 6.07 Å². The van der Waals surface area contributed by atoms with E-state index in [9.17, 15) is 0 Å². The number of nitrogen functional groups attached to an aromatic ring is 1. The number of nitrogens with zero attached hydrogens (tertiary/aromatic N) is 3. The van der Waals surface area contributed by atoms with Crippen LogP contribution in [-0.4, -0.2) is 17.1 Å². The molecule has 6 nitrogen and oxygen atoms in total. The first-order valence-corrected chi connectivity index (χ1v) is 5.62. The molecule has 0 saturated heterocycles. The highest BCUT2D eigenvalue weighted by Crippen LogP contribution is 2.19. The van der Waals surface area contributed by atoms with Gasteiger partial charge in [0.05, 0.1) is 18.4 Å². The van der Waals surface area contributed by atoms with E-state index in [-0.39, 0.29) is 0 Å². The van der Waals surface area contributed by atoms with Gasteiger partial charge in [-0.3, -0.25) is 0 Å². The second kappa shape index (κ2) is 5.69. The molecule has 0 amide bonds. The fourth-order valence-electron chi connectivity index (χ4n) is 1.53. The number of methoxy groups -OCH3 is 1. The molecule has 96 valence electrons. The summed E-state index contributed by atoms with van der Waals surface area (Å²) in [6.45, 7) is 0.517. The topological polar surface area (TPSA) is 96.8 Å². The molecule has 3 N–H and O–H groups in total. The van der Waals surface area contributed by atoms with Crippen molar-refractivity contribution in [3.05, 3.63) is 41.7 Å². The monoisotopic (exact) mass is 255 g/mol. The number of ether oxygens (including phenoxy) is 1. The predicted molar refractivity (Wildman–Crippen MR) is 71.5 cm³/mol. The number of pyridine rings is 2. The number of hydrogen-bond acceptors (Lipinski definition) is 6. The van der Waals surface area contributed by atoms with Crippen LogP contribution in [0.15, 0.2) is 30.6 Å². The summed E-state index contributed by atoms with van der Waals surface area (Å²) in [7, 11) is 1.57. The fourth-order valence-corrected chi connectivity index (χ4v) is 1.53. The van der Waals surface area contributed by atoms with E-state index < -0.39 is 0 Å². The summed E-state index contributed by atoms with van der Waals surface area (Å²) in [5, 5.41) is 11.9. The van der Waals surface area contributed by atoms with Crippen molar-refractivity contribution in [2.24, 2.45) is 0 Å². The van der Waals surface area contributed by atoms with E-state index in [1.807, 2.05) is 12.1 Å². The molecule has 6 heteroatoms. The minimum absolute atomic E-state index is 0.353. The molecule has 19 heavy (non-hydrogen) atoms. The molecule has 0 aromatic carbocycles. The van der Waals surface area contributed by atoms with Crippen LogP contribution in [-0.2, 0) is 6.54 Å². The summed E-state index contributed by atoms with van der Waals surface area (Å²) in [4.78, 5) is 8.20. The van der Waals surface area contributed by atoms with Crippen LogP contribution in [0.4, 0.5) is 11.5 Å². The second-order valence-electron chi connectivity index (χ2n) is 3.79. The van der Waals surface area contributed by atoms with Gasteiger partial charge in [-0.25, -0.2) is 9.97 Å². The Bertz CT molecular complexity index is 603. The number of hydrogen-bond donors (Lipinski definition) is 2. The third kappa shape index (κ3) is 2.90. The molecule has 2 heterocycles. The molecule has 0 atom stereocenters. The van der Waals surface area contributed by atoms with Gasteiger partial charge < -0.3 is 15.8 Å². The Kier molecular flexibility index (Phi) is 3.78. The zero-order chi connectivity index (χ0) is 13.7. The summed E-state index contributed by atoms with van der Waals surface area (Å²) in [6, 6.07) is 7.26. The Morgan fingerprint density at radius 3 is 2.84 bits per heavy atom. The minimum atomic E-state index is 0.353. The number of aromatic nitrogens is 2. The predicted octanol–water partition coefficient (Wildman–Crippen LogP) is 1.55. The van der Waals surface area contributed by atoms with Crippen molar-refractivity contribution in [1.29, 1.82) is 5.26 Å². The Balaban J connectivity index is 2.08. The van der Waals surface area contributed by atoms with Crippen LogP contribution < -0.4 is 15.8 Å². The average molecular weight is 255 g/mol. The SMILES string of the molecule is COc1ccc(CNc2nccc(C#N)c2N)cn1. The molecule has 0 spiro atoms. The van der Waals surface area contributed by atoms with Gasteiger partial charge in [0.2, 0.25) is 5.88 Å². The van der Waals surface area contributed by atoms with Gasteiger partial charge in [-0.05, 0) is 11.6 Å². The van der Waals surface area contributed by atoms with Gasteiger partial charge in [-0.2, -0.15) is 5.26 Å². The van der Waals surface area contributed by atoms with Crippen molar-refractivity contribution in [2.45, 2.75) is 6.54 Å². The first kappa shape index (κ1) is 12.6. The number of nitrogens with one attached hydrogen (secondary N) is 1. The highest BCUT2D eigenvalue weighted by Gasteiger charge is 2.05. The van der Waals surface area contributed by atoms with Crippen molar-refractivity contribution < 1.29 is 4.74 Å². The number of rotatable bonds is 4. The van der Waals surface area contributed by atoms with Crippen molar-refractivity contribution >= 4 is 11.5 Å². The highest BCUT2D eigenvalue weighted by molar-refractivity contribution is 5.68. The molecule has 2 rings (SSSR count). The van der Waals surface area contributed by atoms with Gasteiger partial charge in [0.15, 0.2) is 5.82 Å². The van der Waals surface area contributed by atoms with Gasteiger partial charge >= 0.3 is 0 Å². The molecule has 0 aliphatic heterocycles. The molecule has 0 saturated carbocycles. The third-order valence-corrected chi connectivity index (χ3v) is 2.58. The van der Waals surface area contributed by atoms with E-state index >= 15 is 0 Å². The Morgan fingerprint density at radius 1 is 1.37 bits per heavy atom. The molecule has 0 unspecified atom stereocenters. The maximum atomic E-state index is 8.88. The Hall–Kier alpha value is -2.81. The zero-order valence-electron chi connectivity index (χ0n) is 10.4. The van der Waals surface area contributed by atoms with Gasteiger partial charge in [0.1, 0.15) is 6.07 Å². The minimum Gasteiger partial charge on any atom is -0.481 e. The van der Waals surface area contributed by atoms with Crippen molar-refractivity contribution in [3.63, 3.8) is 0 Å². The van der Waals surface area contributed by atoms with E-state index in [2.05, 4.69) is 15.3 Å². The van der Waals surface area contributed by atoms with Crippen LogP contribution in [0, 0.1) is 11.3 Å². The van der Waals surface area contributed by atoms with E-state index in [1.54, 1.807) is 31.6 Å². The van der Waals surface area contributed by atoms with Crippen LogP contribution in [0.25, 0.3) is 0 Å². The Labute approximate surface area is 110 Å². The molecule has 0 aliphatic carbocycles. The lowest BCUT2D eigenvalue weighted by Crippen LogP contribution is -2.06. The lowest BCUT2D eigenvalue weighted by molar-refractivity contribution is 0.397. The van der Waals surface area contributed by atoms with Crippen LogP contribution >= 0.6 is 0 Å². The van der Waals surface area contributed by atoms with E-state index in [0.717, 1.165) is 5.56 Å². The lowest BCUT2D eigenvalue weighted by Gasteiger charge is -2.09. The summed E-state index contributed by atoms with van der Waals surface area (Å²) in [5.41, 5.74) is 7.54. The smallest absolute Gasteiger partial charge is 0.212 e. The second-order valence-corrected chi connectivity index (χ2v) is 3.79. The number of anilines is 2. The quantitative estimate of drug-likeness (QED) is 0.860. The fraction of sp³-hybridized carbons (Fsp3) is 0.154. The van der Waals surface area contributed by atoms with Crippen molar-refractivity contribution in [1.82, 2.24) is 9.97 Å². The molecular weight excluding hydrogens is 242 g/mol. The third-order valence-electron chi connectivity index (χ3n) is 2.58.